The molecule has 0 saturated carbocycles. The summed E-state index contributed by atoms with van der Waals surface area (Å²) in [5.41, 5.74) is 5.45. The lowest BCUT2D eigenvalue weighted by molar-refractivity contribution is -0.151. The molecule has 8 nitrogen and oxygen atoms in total. The number of benzene rings is 2. The van der Waals surface area contributed by atoms with Crippen molar-refractivity contribution < 1.29 is 23.9 Å². The van der Waals surface area contributed by atoms with E-state index < -0.39 is 30.3 Å². The van der Waals surface area contributed by atoms with Gasteiger partial charge in [0.1, 0.15) is 0 Å². The molecular weight excluding hydrogens is 386 g/mol. The van der Waals surface area contributed by atoms with Gasteiger partial charge in [0.25, 0.3) is 11.8 Å². The highest BCUT2D eigenvalue weighted by Gasteiger charge is 2.36. The average molecular weight is 409 g/mol. The van der Waals surface area contributed by atoms with Crippen LogP contribution in [0, 0.1) is 19.8 Å². The number of nitrogens with one attached hydrogen (secondary N) is 2. The summed E-state index contributed by atoms with van der Waals surface area (Å²) in [6.45, 7) is 3.30. The molecule has 0 unspecified atom stereocenters. The molecule has 3 amide bonds. The number of hydrogen-bond acceptors (Lipinski definition) is 5. The smallest absolute Gasteiger partial charge is 0.311 e. The van der Waals surface area contributed by atoms with E-state index in [0.717, 1.165) is 16.1 Å². The number of rotatable bonds is 6. The fourth-order valence-corrected chi connectivity index (χ4v) is 3.12. The molecule has 30 heavy (non-hydrogen) atoms. The van der Waals surface area contributed by atoms with Crippen LogP contribution in [0.25, 0.3) is 0 Å². The van der Waals surface area contributed by atoms with Gasteiger partial charge in [-0.15, -0.1) is 0 Å². The van der Waals surface area contributed by atoms with Crippen molar-refractivity contribution in [1.82, 2.24) is 10.4 Å². The van der Waals surface area contributed by atoms with E-state index >= 15 is 0 Å². The lowest BCUT2D eigenvalue weighted by atomic mass is 10.1. The zero-order valence-corrected chi connectivity index (χ0v) is 16.8. The average Bonchev–Trinajstić information content (AvgIpc) is 3.06. The van der Waals surface area contributed by atoms with Crippen LogP contribution in [0.15, 0.2) is 48.5 Å². The number of anilines is 1. The van der Waals surface area contributed by atoms with Crippen LogP contribution in [-0.4, -0.2) is 41.9 Å². The van der Waals surface area contributed by atoms with E-state index in [9.17, 15) is 19.2 Å². The van der Waals surface area contributed by atoms with Crippen LogP contribution in [-0.2, 0) is 19.1 Å². The minimum absolute atomic E-state index is 0.00524. The lowest BCUT2D eigenvalue weighted by Gasteiger charge is -2.17. The normalized spacial score (nSPS) is 15.6. The van der Waals surface area contributed by atoms with Crippen molar-refractivity contribution in [1.29, 1.82) is 0 Å². The van der Waals surface area contributed by atoms with Crippen molar-refractivity contribution in [2.24, 2.45) is 5.92 Å². The summed E-state index contributed by atoms with van der Waals surface area (Å²) in [6, 6.07) is 14.2. The van der Waals surface area contributed by atoms with Crippen LogP contribution in [0.4, 0.5) is 5.69 Å². The van der Waals surface area contributed by atoms with Crippen molar-refractivity contribution in [2.75, 3.05) is 18.5 Å². The largest absolute Gasteiger partial charge is 0.455 e. The van der Waals surface area contributed by atoms with Crippen LogP contribution < -0.4 is 10.7 Å². The highest BCUT2D eigenvalue weighted by molar-refractivity contribution is 5.97. The van der Waals surface area contributed by atoms with Crippen LogP contribution in [0.5, 0.6) is 0 Å². The third-order valence-corrected chi connectivity index (χ3v) is 4.62. The minimum Gasteiger partial charge on any atom is -0.455 e. The van der Waals surface area contributed by atoms with Gasteiger partial charge in [0.15, 0.2) is 6.61 Å². The van der Waals surface area contributed by atoms with Gasteiger partial charge in [-0.25, -0.2) is 0 Å². The fraction of sp³-hybridized carbons (Fsp3) is 0.273. The number of carbonyl (C=O) groups is 4. The summed E-state index contributed by atoms with van der Waals surface area (Å²) < 4.78 is 5.05. The predicted molar refractivity (Wildman–Crippen MR) is 109 cm³/mol. The molecule has 0 bridgehead atoms. The Kier molecular flexibility index (Phi) is 6.46. The Bertz CT molecular complexity index is 988. The predicted octanol–water partition coefficient (Wildman–Crippen LogP) is 1.98. The first-order valence-electron chi connectivity index (χ1n) is 9.53. The molecule has 0 spiro atoms. The third-order valence-electron chi connectivity index (χ3n) is 4.62. The number of esters is 1. The summed E-state index contributed by atoms with van der Waals surface area (Å²) in [7, 11) is 0. The van der Waals surface area contributed by atoms with Gasteiger partial charge >= 0.3 is 5.97 Å². The first-order chi connectivity index (χ1) is 14.3. The molecule has 1 atom stereocenters. The van der Waals surface area contributed by atoms with E-state index in [-0.39, 0.29) is 18.9 Å². The summed E-state index contributed by atoms with van der Waals surface area (Å²) >= 11 is 0. The van der Waals surface area contributed by atoms with Crippen molar-refractivity contribution in [3.8, 4) is 0 Å². The number of amides is 3. The zero-order chi connectivity index (χ0) is 21.7. The van der Waals surface area contributed by atoms with Gasteiger partial charge in [-0.1, -0.05) is 29.8 Å². The number of hydrazine groups is 1. The Labute approximate surface area is 174 Å². The SMILES string of the molecule is Cc1cccc(NC(=O)COC(=O)[C@H]2CC(=O)N(NC(=O)c3cccc(C)c3)C2)c1. The molecule has 3 rings (SSSR count). The fourth-order valence-electron chi connectivity index (χ4n) is 3.12. The van der Waals surface area contributed by atoms with Gasteiger partial charge in [0.2, 0.25) is 5.91 Å². The molecule has 1 aliphatic rings. The first kappa shape index (κ1) is 21.0. The van der Waals surface area contributed by atoms with Gasteiger partial charge in [-0.3, -0.25) is 29.6 Å². The Morgan fingerprint density at radius 1 is 1.07 bits per heavy atom. The molecule has 2 aromatic rings. The molecule has 1 aliphatic heterocycles. The summed E-state index contributed by atoms with van der Waals surface area (Å²) in [6.07, 6.45) is -0.0908. The number of hydrogen-bond donors (Lipinski definition) is 2. The zero-order valence-electron chi connectivity index (χ0n) is 16.8. The van der Waals surface area contributed by atoms with Gasteiger partial charge in [0, 0.05) is 17.7 Å². The Balaban J connectivity index is 1.48. The second-order valence-electron chi connectivity index (χ2n) is 7.24. The van der Waals surface area contributed by atoms with Crippen LogP contribution in [0.2, 0.25) is 0 Å². The maximum atomic E-state index is 12.3. The molecule has 156 valence electrons. The summed E-state index contributed by atoms with van der Waals surface area (Å²) in [5.74, 6) is -2.69. The summed E-state index contributed by atoms with van der Waals surface area (Å²) in [5, 5.41) is 3.76. The first-order valence-corrected chi connectivity index (χ1v) is 9.53. The van der Waals surface area contributed by atoms with E-state index in [1.807, 2.05) is 26.0 Å². The van der Waals surface area contributed by atoms with Crippen LogP contribution in [0.3, 0.4) is 0 Å². The molecule has 0 aromatic heterocycles. The number of nitrogens with zero attached hydrogens (tertiary/aromatic N) is 1. The third kappa shape index (κ3) is 5.44. The van der Waals surface area contributed by atoms with E-state index in [4.69, 9.17) is 4.74 Å². The number of carbonyl (C=O) groups excluding carboxylic acids is 4. The number of ether oxygens (including phenoxy) is 1. The van der Waals surface area contributed by atoms with Crippen molar-refractivity contribution in [2.45, 2.75) is 20.3 Å². The van der Waals surface area contributed by atoms with Gasteiger partial charge in [-0.2, -0.15) is 0 Å². The van der Waals surface area contributed by atoms with Gasteiger partial charge in [0.05, 0.1) is 12.5 Å². The summed E-state index contributed by atoms with van der Waals surface area (Å²) in [4.78, 5) is 48.7. The Morgan fingerprint density at radius 2 is 1.77 bits per heavy atom. The van der Waals surface area contributed by atoms with Crippen molar-refractivity contribution in [3.05, 3.63) is 65.2 Å². The van der Waals surface area contributed by atoms with Crippen LogP contribution in [0.1, 0.15) is 27.9 Å². The highest BCUT2D eigenvalue weighted by atomic mass is 16.5. The van der Waals surface area contributed by atoms with Crippen LogP contribution >= 0.6 is 0 Å². The topological polar surface area (TPSA) is 105 Å². The van der Waals surface area contributed by atoms with Crippen molar-refractivity contribution >= 4 is 29.4 Å². The molecule has 2 N–H and O–H groups in total. The van der Waals surface area contributed by atoms with E-state index in [2.05, 4.69) is 10.7 Å². The molecule has 8 heteroatoms. The molecular formula is C22H23N3O5. The molecule has 1 heterocycles. The Hall–Kier alpha value is -3.68. The Morgan fingerprint density at radius 3 is 2.47 bits per heavy atom. The molecule has 0 radical (unpaired) electrons. The molecule has 0 aliphatic carbocycles. The van der Waals surface area contributed by atoms with E-state index in [1.165, 1.54) is 0 Å². The van der Waals surface area contributed by atoms with Gasteiger partial charge in [-0.05, 0) is 43.7 Å². The standard InChI is InChI=1S/C22H23N3O5/c1-14-5-3-7-16(9-14)21(28)24-25-12-17(11-20(25)27)22(29)30-13-19(26)23-18-8-4-6-15(2)10-18/h3-10,17H,11-13H2,1-2H3,(H,23,26)(H,24,28)/t17-/m0/s1. The van der Waals surface area contributed by atoms with Crippen molar-refractivity contribution in [3.63, 3.8) is 0 Å². The maximum Gasteiger partial charge on any atom is 0.311 e. The maximum absolute atomic E-state index is 12.3. The molecule has 1 saturated heterocycles. The second-order valence-corrected chi connectivity index (χ2v) is 7.24. The minimum atomic E-state index is -0.748. The molecule has 2 aromatic carbocycles. The van der Waals surface area contributed by atoms with E-state index in [0.29, 0.717) is 11.3 Å². The lowest BCUT2D eigenvalue weighted by Crippen LogP contribution is -2.43. The van der Waals surface area contributed by atoms with E-state index in [1.54, 1.807) is 36.4 Å². The molecule has 1 fully saturated rings. The monoisotopic (exact) mass is 409 g/mol. The second kappa shape index (κ2) is 9.21. The quantitative estimate of drug-likeness (QED) is 0.710. The highest BCUT2D eigenvalue weighted by Crippen LogP contribution is 2.18. The van der Waals surface area contributed by atoms with Gasteiger partial charge < -0.3 is 10.1 Å². The number of aryl methyl sites for hydroxylation is 2.